The maximum atomic E-state index is 12.8. The van der Waals surface area contributed by atoms with Crippen LogP contribution in [0.25, 0.3) is 0 Å². The number of amides is 1. The Hall–Kier alpha value is -2.62. The van der Waals surface area contributed by atoms with E-state index in [0.29, 0.717) is 35.1 Å². The van der Waals surface area contributed by atoms with E-state index in [9.17, 15) is 4.79 Å². The van der Waals surface area contributed by atoms with Gasteiger partial charge in [0.2, 0.25) is 5.88 Å². The molecule has 0 N–H and O–H groups in total. The van der Waals surface area contributed by atoms with E-state index in [4.69, 9.17) is 21.6 Å². The van der Waals surface area contributed by atoms with Crippen LogP contribution in [0.3, 0.4) is 0 Å². The first-order valence-corrected chi connectivity index (χ1v) is 9.67. The quantitative estimate of drug-likeness (QED) is 0.772. The smallest absolute Gasteiger partial charge is 0.255 e. The van der Waals surface area contributed by atoms with Crippen molar-refractivity contribution in [2.75, 3.05) is 26.2 Å². The number of rotatable bonds is 5. The van der Waals surface area contributed by atoms with E-state index in [0.717, 1.165) is 25.2 Å². The van der Waals surface area contributed by atoms with Crippen LogP contribution in [0.4, 0.5) is 0 Å². The molecule has 1 saturated heterocycles. The van der Waals surface area contributed by atoms with Gasteiger partial charge < -0.3 is 9.64 Å². The molecule has 0 radical (unpaired) electrons. The summed E-state index contributed by atoms with van der Waals surface area (Å²) in [4.78, 5) is 21.1. The number of hydrogen-bond acceptors (Lipinski definition) is 5. The van der Waals surface area contributed by atoms with Gasteiger partial charge in [0.25, 0.3) is 5.91 Å². The van der Waals surface area contributed by atoms with Crippen LogP contribution >= 0.6 is 11.6 Å². The molecular formula is C21H23ClN4O2. The van der Waals surface area contributed by atoms with Crippen LogP contribution in [0.15, 0.2) is 36.5 Å². The van der Waals surface area contributed by atoms with E-state index in [1.165, 1.54) is 6.20 Å². The van der Waals surface area contributed by atoms with E-state index in [1.54, 1.807) is 6.07 Å². The summed E-state index contributed by atoms with van der Waals surface area (Å²) in [5.41, 5.74) is 2.30. The average molecular weight is 399 g/mol. The van der Waals surface area contributed by atoms with Crippen molar-refractivity contribution >= 4 is 17.5 Å². The number of carbonyl (C=O) groups excluding carboxylic acids is 1. The Kier molecular flexibility index (Phi) is 6.50. The Morgan fingerprint density at radius 1 is 1.25 bits per heavy atom. The molecule has 1 aliphatic heterocycles. The molecule has 0 aliphatic carbocycles. The molecule has 2 aromatic rings. The summed E-state index contributed by atoms with van der Waals surface area (Å²) in [6.45, 7) is 7.49. The Bertz CT molecular complexity index is 869. The van der Waals surface area contributed by atoms with Crippen molar-refractivity contribution in [2.24, 2.45) is 0 Å². The monoisotopic (exact) mass is 398 g/mol. The predicted octanol–water partition coefficient (Wildman–Crippen LogP) is 3.35. The summed E-state index contributed by atoms with van der Waals surface area (Å²) in [6, 6.07) is 11.4. The van der Waals surface area contributed by atoms with E-state index >= 15 is 0 Å². The molecule has 7 heteroatoms. The van der Waals surface area contributed by atoms with Gasteiger partial charge in [0, 0.05) is 38.9 Å². The first-order valence-electron chi connectivity index (χ1n) is 9.29. The highest BCUT2D eigenvalue weighted by molar-refractivity contribution is 6.32. The third-order valence-electron chi connectivity index (χ3n) is 4.55. The topological polar surface area (TPSA) is 69.5 Å². The highest BCUT2D eigenvalue weighted by Crippen LogP contribution is 2.24. The third kappa shape index (κ3) is 5.00. The Morgan fingerprint density at radius 3 is 2.50 bits per heavy atom. The van der Waals surface area contributed by atoms with E-state index in [-0.39, 0.29) is 12.0 Å². The van der Waals surface area contributed by atoms with Gasteiger partial charge in [0.1, 0.15) is 5.02 Å². The van der Waals surface area contributed by atoms with Crippen LogP contribution < -0.4 is 4.74 Å². The van der Waals surface area contributed by atoms with Crippen molar-refractivity contribution in [3.63, 3.8) is 0 Å². The van der Waals surface area contributed by atoms with Gasteiger partial charge in [-0.05, 0) is 37.6 Å². The minimum absolute atomic E-state index is 0.0317. The molecule has 28 heavy (non-hydrogen) atoms. The lowest BCUT2D eigenvalue weighted by Crippen LogP contribution is -2.48. The summed E-state index contributed by atoms with van der Waals surface area (Å²) in [5, 5.41) is 9.22. The van der Waals surface area contributed by atoms with Crippen LogP contribution in [0.2, 0.25) is 5.02 Å². The highest BCUT2D eigenvalue weighted by Gasteiger charge is 2.23. The van der Waals surface area contributed by atoms with Crippen molar-refractivity contribution in [3.8, 4) is 11.9 Å². The van der Waals surface area contributed by atoms with Crippen molar-refractivity contribution < 1.29 is 9.53 Å². The normalized spacial score (nSPS) is 14.8. The molecule has 1 aliphatic rings. The van der Waals surface area contributed by atoms with Crippen LogP contribution in [0.5, 0.6) is 5.88 Å². The van der Waals surface area contributed by atoms with E-state index in [2.05, 4.69) is 16.0 Å². The van der Waals surface area contributed by atoms with Gasteiger partial charge in [-0.2, -0.15) is 5.26 Å². The number of nitriles is 1. The number of aromatic nitrogens is 1. The number of benzene rings is 1. The molecule has 2 heterocycles. The van der Waals surface area contributed by atoms with Crippen molar-refractivity contribution in [2.45, 2.75) is 26.5 Å². The van der Waals surface area contributed by atoms with Crippen molar-refractivity contribution in [1.82, 2.24) is 14.8 Å². The zero-order valence-electron chi connectivity index (χ0n) is 16.1. The number of hydrogen-bond donors (Lipinski definition) is 0. The van der Waals surface area contributed by atoms with Gasteiger partial charge in [-0.3, -0.25) is 9.69 Å². The summed E-state index contributed by atoms with van der Waals surface area (Å²) in [7, 11) is 0. The number of halogens is 1. The van der Waals surface area contributed by atoms with Gasteiger partial charge in [-0.1, -0.05) is 23.7 Å². The standard InChI is InChI=1S/C21H23ClN4O2/c1-15(2)28-20-19(22)11-18(13-24-20)21(27)26-9-7-25(8-10-26)14-17-5-3-16(12-23)4-6-17/h3-6,11,13,15H,7-10,14H2,1-2H3. The molecule has 1 aromatic carbocycles. The minimum Gasteiger partial charge on any atom is -0.474 e. The van der Waals surface area contributed by atoms with Gasteiger partial charge in [-0.25, -0.2) is 4.98 Å². The molecular weight excluding hydrogens is 376 g/mol. The summed E-state index contributed by atoms with van der Waals surface area (Å²) in [5.74, 6) is 0.281. The number of carbonyl (C=O) groups is 1. The molecule has 146 valence electrons. The molecule has 1 aromatic heterocycles. The van der Waals surface area contributed by atoms with Gasteiger partial charge in [-0.15, -0.1) is 0 Å². The molecule has 0 unspecified atom stereocenters. The zero-order chi connectivity index (χ0) is 20.1. The van der Waals surface area contributed by atoms with Crippen molar-refractivity contribution in [3.05, 3.63) is 58.2 Å². The number of ether oxygens (including phenoxy) is 1. The van der Waals surface area contributed by atoms with Crippen LogP contribution in [0.1, 0.15) is 35.3 Å². The fourth-order valence-corrected chi connectivity index (χ4v) is 3.30. The second-order valence-electron chi connectivity index (χ2n) is 7.05. The van der Waals surface area contributed by atoms with E-state index in [1.807, 2.05) is 43.0 Å². The van der Waals surface area contributed by atoms with Crippen LogP contribution in [-0.2, 0) is 6.54 Å². The molecule has 0 saturated carbocycles. The van der Waals surface area contributed by atoms with Crippen LogP contribution in [-0.4, -0.2) is 53.0 Å². The van der Waals surface area contributed by atoms with Gasteiger partial charge >= 0.3 is 0 Å². The first-order chi connectivity index (χ1) is 13.5. The molecule has 1 amide bonds. The average Bonchev–Trinajstić information content (AvgIpc) is 2.70. The van der Waals surface area contributed by atoms with Crippen LogP contribution in [0, 0.1) is 11.3 Å². The minimum atomic E-state index is -0.0662. The lowest BCUT2D eigenvalue weighted by Gasteiger charge is -2.34. The third-order valence-corrected chi connectivity index (χ3v) is 4.82. The molecule has 3 rings (SSSR count). The number of piperazine rings is 1. The summed E-state index contributed by atoms with van der Waals surface area (Å²) >= 11 is 6.20. The maximum absolute atomic E-state index is 12.8. The molecule has 0 atom stereocenters. The van der Waals surface area contributed by atoms with Gasteiger partial charge in [0.05, 0.1) is 23.3 Å². The lowest BCUT2D eigenvalue weighted by atomic mass is 10.1. The first kappa shape index (κ1) is 20.1. The fraction of sp³-hybridized carbons (Fsp3) is 0.381. The number of nitrogens with zero attached hydrogens (tertiary/aromatic N) is 4. The molecule has 0 bridgehead atoms. The van der Waals surface area contributed by atoms with Crippen molar-refractivity contribution in [1.29, 1.82) is 5.26 Å². The van der Waals surface area contributed by atoms with E-state index < -0.39 is 0 Å². The Labute approximate surface area is 170 Å². The predicted molar refractivity (Wildman–Crippen MR) is 107 cm³/mol. The summed E-state index contributed by atoms with van der Waals surface area (Å²) in [6.07, 6.45) is 1.49. The lowest BCUT2D eigenvalue weighted by molar-refractivity contribution is 0.0628. The highest BCUT2D eigenvalue weighted by atomic mass is 35.5. The zero-order valence-corrected chi connectivity index (χ0v) is 16.8. The second kappa shape index (κ2) is 9.05. The molecule has 6 nitrogen and oxygen atoms in total. The molecule has 1 fully saturated rings. The molecule has 0 spiro atoms. The number of pyridine rings is 1. The summed E-state index contributed by atoms with van der Waals surface area (Å²) < 4.78 is 5.52. The Morgan fingerprint density at radius 2 is 1.93 bits per heavy atom. The second-order valence-corrected chi connectivity index (χ2v) is 7.46. The van der Waals surface area contributed by atoms with Gasteiger partial charge in [0.15, 0.2) is 0 Å². The fourth-order valence-electron chi connectivity index (χ4n) is 3.09. The largest absolute Gasteiger partial charge is 0.474 e. The SMILES string of the molecule is CC(C)Oc1ncc(C(=O)N2CCN(Cc3ccc(C#N)cc3)CC2)cc1Cl. The maximum Gasteiger partial charge on any atom is 0.255 e. The Balaban J connectivity index is 1.56.